The summed E-state index contributed by atoms with van der Waals surface area (Å²) in [6, 6.07) is 5.34. The Balaban J connectivity index is 1.78. The summed E-state index contributed by atoms with van der Waals surface area (Å²) >= 11 is 0. The zero-order chi connectivity index (χ0) is 18.4. The average molecular weight is 355 g/mol. The van der Waals surface area contributed by atoms with Crippen molar-refractivity contribution in [2.24, 2.45) is 0 Å². The van der Waals surface area contributed by atoms with Gasteiger partial charge in [-0.25, -0.2) is 4.79 Å². The van der Waals surface area contributed by atoms with Crippen LogP contribution in [-0.2, 0) is 4.79 Å². The van der Waals surface area contributed by atoms with Crippen molar-refractivity contribution in [1.82, 2.24) is 10.2 Å². The maximum Gasteiger partial charge on any atom is 0.394 e. The molecule has 1 heterocycles. The second-order valence-electron chi connectivity index (χ2n) is 6.04. The topological polar surface area (TPSA) is 70.7 Å². The number of hydrogen-bond donors (Lipinski definition) is 2. The lowest BCUT2D eigenvalue weighted by molar-refractivity contribution is -0.158. The van der Waals surface area contributed by atoms with E-state index in [0.717, 1.165) is 0 Å². The molecule has 1 aliphatic rings. The van der Waals surface area contributed by atoms with Gasteiger partial charge in [-0.1, -0.05) is 6.92 Å². The number of nitrogens with one attached hydrogen (secondary N) is 2. The van der Waals surface area contributed by atoms with Crippen LogP contribution in [0.2, 0.25) is 0 Å². The molecule has 8 heteroatoms. The molecule has 0 aliphatic carbocycles. The summed E-state index contributed by atoms with van der Waals surface area (Å²) in [4.78, 5) is 25.4. The normalized spacial score (nSPS) is 15.6. The summed E-state index contributed by atoms with van der Waals surface area (Å²) in [5, 5.41) is 5.51. The van der Waals surface area contributed by atoms with E-state index in [-0.39, 0.29) is 23.7 Å². The van der Waals surface area contributed by atoms with Crippen molar-refractivity contribution in [3.63, 3.8) is 0 Å². The first-order valence-corrected chi connectivity index (χ1v) is 8.29. The summed E-state index contributed by atoms with van der Waals surface area (Å²) in [6.07, 6.45) is -1.35. The van der Waals surface area contributed by atoms with E-state index in [4.69, 9.17) is 0 Å². The monoisotopic (exact) mass is 355 g/mol. The molecule has 0 bridgehead atoms. The number of anilines is 1. The second kappa shape index (κ2) is 8.13. The van der Waals surface area contributed by atoms with Gasteiger partial charge in [0.15, 0.2) is 0 Å². The summed E-state index contributed by atoms with van der Waals surface area (Å²) in [6.45, 7) is 3.76. The molecule has 3 amide bonds. The van der Waals surface area contributed by atoms with Crippen molar-refractivity contribution < 1.29 is 23.1 Å². The van der Waals surface area contributed by atoms with Crippen molar-refractivity contribution in [1.29, 1.82) is 0 Å². The molecule has 1 fully saturated rings. The Morgan fingerprint density at radius 2 is 1.84 bits per heavy atom. The molecular weight excluding hydrogens is 332 g/mol. The number of alkyl halides is 2. The molecule has 1 aromatic rings. The van der Waals surface area contributed by atoms with E-state index >= 15 is 0 Å². The van der Waals surface area contributed by atoms with E-state index in [1.807, 2.05) is 6.92 Å². The molecule has 0 unspecified atom stereocenters. The molecule has 0 aromatic heterocycles. The van der Waals surface area contributed by atoms with Crippen LogP contribution in [0.5, 0.6) is 5.75 Å². The number of carbonyl (C=O) groups excluding carboxylic acids is 2. The Kier molecular flexibility index (Phi) is 6.17. The summed E-state index contributed by atoms with van der Waals surface area (Å²) in [5.74, 6) is 0.147. The van der Waals surface area contributed by atoms with Gasteiger partial charge in [0.2, 0.25) is 5.91 Å². The van der Waals surface area contributed by atoms with Crippen LogP contribution in [-0.4, -0.2) is 42.1 Å². The maximum atomic E-state index is 12.8. The minimum atomic E-state index is -3.25. The third-order valence-electron chi connectivity index (χ3n) is 3.89. The number of amides is 3. The van der Waals surface area contributed by atoms with E-state index in [1.165, 1.54) is 24.3 Å². The molecule has 1 aromatic carbocycles. The molecule has 2 N–H and O–H groups in total. The highest BCUT2D eigenvalue weighted by Gasteiger charge is 2.24. The number of hydrogen-bond acceptors (Lipinski definition) is 3. The van der Waals surface area contributed by atoms with E-state index in [9.17, 15) is 18.4 Å². The lowest BCUT2D eigenvalue weighted by Gasteiger charge is -2.32. The van der Waals surface area contributed by atoms with E-state index in [0.29, 0.717) is 45.0 Å². The smallest absolute Gasteiger partial charge is 0.394 e. The summed E-state index contributed by atoms with van der Waals surface area (Å²) in [7, 11) is 0. The SMILES string of the molecule is CCC(=O)N1CCC(NC(=O)Nc2ccc(OC(C)(F)F)cc2)CC1. The second-order valence-corrected chi connectivity index (χ2v) is 6.04. The fourth-order valence-electron chi connectivity index (χ4n) is 2.66. The predicted molar refractivity (Wildman–Crippen MR) is 89.7 cm³/mol. The fourth-order valence-corrected chi connectivity index (χ4v) is 2.66. The highest BCUT2D eigenvalue weighted by molar-refractivity contribution is 5.89. The van der Waals surface area contributed by atoms with Gasteiger partial charge in [0.1, 0.15) is 5.75 Å². The Morgan fingerprint density at radius 3 is 2.36 bits per heavy atom. The number of ether oxygens (including phenoxy) is 1. The minimum absolute atomic E-state index is 0.00213. The Labute approximate surface area is 145 Å². The highest BCUT2D eigenvalue weighted by Crippen LogP contribution is 2.22. The molecule has 0 saturated carbocycles. The molecule has 2 rings (SSSR count). The third-order valence-corrected chi connectivity index (χ3v) is 3.89. The lowest BCUT2D eigenvalue weighted by Crippen LogP contribution is -2.47. The van der Waals surface area contributed by atoms with Crippen LogP contribution in [0.3, 0.4) is 0 Å². The zero-order valence-electron chi connectivity index (χ0n) is 14.4. The van der Waals surface area contributed by atoms with Gasteiger partial charge in [-0.2, -0.15) is 8.78 Å². The molecule has 1 aliphatic heterocycles. The van der Waals surface area contributed by atoms with Crippen LogP contribution in [0.15, 0.2) is 24.3 Å². The van der Waals surface area contributed by atoms with Gasteiger partial charge in [-0.05, 0) is 37.1 Å². The quantitative estimate of drug-likeness (QED) is 0.852. The van der Waals surface area contributed by atoms with Gasteiger partial charge in [0.25, 0.3) is 0 Å². The van der Waals surface area contributed by atoms with Crippen LogP contribution in [0.4, 0.5) is 19.3 Å². The van der Waals surface area contributed by atoms with E-state index in [2.05, 4.69) is 15.4 Å². The number of benzene rings is 1. The third kappa shape index (κ3) is 6.21. The van der Waals surface area contributed by atoms with Crippen LogP contribution in [0.25, 0.3) is 0 Å². The molecule has 1 saturated heterocycles. The fraction of sp³-hybridized carbons (Fsp3) is 0.529. The molecule has 0 radical (unpaired) electrons. The first kappa shape index (κ1) is 19.0. The summed E-state index contributed by atoms with van der Waals surface area (Å²) in [5.41, 5.74) is 0.475. The number of nitrogens with zero attached hydrogens (tertiary/aromatic N) is 1. The number of piperidine rings is 1. The molecular formula is C17H23F2N3O3. The Hall–Kier alpha value is -2.38. The zero-order valence-corrected chi connectivity index (χ0v) is 14.4. The molecule has 0 atom stereocenters. The lowest BCUT2D eigenvalue weighted by atomic mass is 10.1. The van der Waals surface area contributed by atoms with Crippen molar-refractivity contribution in [2.45, 2.75) is 45.3 Å². The van der Waals surface area contributed by atoms with Crippen LogP contribution >= 0.6 is 0 Å². The van der Waals surface area contributed by atoms with Gasteiger partial charge in [-0.15, -0.1) is 0 Å². The van der Waals surface area contributed by atoms with Gasteiger partial charge < -0.3 is 20.3 Å². The number of carbonyl (C=O) groups is 2. The molecule has 25 heavy (non-hydrogen) atoms. The maximum absolute atomic E-state index is 12.8. The van der Waals surface area contributed by atoms with Crippen LogP contribution < -0.4 is 15.4 Å². The van der Waals surface area contributed by atoms with Gasteiger partial charge in [-0.3, -0.25) is 4.79 Å². The van der Waals surface area contributed by atoms with Crippen LogP contribution in [0.1, 0.15) is 33.1 Å². The molecule has 0 spiro atoms. The minimum Gasteiger partial charge on any atom is -0.433 e. The van der Waals surface area contributed by atoms with E-state index in [1.54, 1.807) is 4.90 Å². The molecule has 6 nitrogen and oxygen atoms in total. The Morgan fingerprint density at radius 1 is 1.24 bits per heavy atom. The van der Waals surface area contributed by atoms with Gasteiger partial charge in [0, 0.05) is 38.2 Å². The number of urea groups is 1. The van der Waals surface area contributed by atoms with Gasteiger partial charge >= 0.3 is 12.1 Å². The van der Waals surface area contributed by atoms with Gasteiger partial charge in [0.05, 0.1) is 0 Å². The first-order chi connectivity index (χ1) is 11.8. The van der Waals surface area contributed by atoms with Crippen molar-refractivity contribution in [3.05, 3.63) is 24.3 Å². The predicted octanol–water partition coefficient (Wildman–Crippen LogP) is 3.20. The Bertz CT molecular complexity index is 594. The number of rotatable bonds is 5. The van der Waals surface area contributed by atoms with Crippen molar-refractivity contribution >= 4 is 17.6 Å². The van der Waals surface area contributed by atoms with Crippen molar-refractivity contribution in [2.75, 3.05) is 18.4 Å². The summed E-state index contributed by atoms with van der Waals surface area (Å²) < 4.78 is 29.9. The number of halogens is 2. The number of likely N-dealkylation sites (tertiary alicyclic amines) is 1. The van der Waals surface area contributed by atoms with Crippen LogP contribution in [0, 0.1) is 0 Å². The van der Waals surface area contributed by atoms with E-state index < -0.39 is 6.11 Å². The standard InChI is InChI=1S/C17H23F2N3O3/c1-3-15(23)22-10-8-13(9-11-22)21-16(24)20-12-4-6-14(7-5-12)25-17(2,18)19/h4-7,13H,3,8-11H2,1-2H3,(H2,20,21,24). The average Bonchev–Trinajstić information content (AvgIpc) is 2.55. The van der Waals surface area contributed by atoms with Crippen molar-refractivity contribution in [3.8, 4) is 5.75 Å². The molecule has 138 valence electrons. The highest BCUT2D eigenvalue weighted by atomic mass is 19.3. The first-order valence-electron chi connectivity index (χ1n) is 8.29. The largest absolute Gasteiger partial charge is 0.433 e.